The Bertz CT molecular complexity index is 602. The number of morpholine rings is 1. The van der Waals surface area contributed by atoms with Crippen LogP contribution >= 0.6 is 0 Å². The van der Waals surface area contributed by atoms with Gasteiger partial charge in [-0.15, -0.1) is 0 Å². The zero-order valence-electron chi connectivity index (χ0n) is 18.2. The second-order valence-electron chi connectivity index (χ2n) is 8.88. The molecule has 30 heavy (non-hydrogen) atoms. The van der Waals surface area contributed by atoms with Crippen molar-refractivity contribution in [2.75, 3.05) is 52.5 Å². The lowest BCUT2D eigenvalue weighted by atomic mass is 10.0. The Kier molecular flexibility index (Phi) is 8.47. The third-order valence-corrected chi connectivity index (χ3v) is 6.04. The van der Waals surface area contributed by atoms with E-state index >= 15 is 0 Å². The Labute approximate surface area is 178 Å². The lowest BCUT2D eigenvalue weighted by molar-refractivity contribution is -0.127. The van der Waals surface area contributed by atoms with Crippen LogP contribution in [0.15, 0.2) is 0 Å². The van der Waals surface area contributed by atoms with Crippen molar-refractivity contribution in [2.24, 2.45) is 5.92 Å². The predicted molar refractivity (Wildman–Crippen MR) is 111 cm³/mol. The number of nitrogens with one attached hydrogen (secondary N) is 2. The number of amides is 3. The van der Waals surface area contributed by atoms with Gasteiger partial charge in [0.25, 0.3) is 0 Å². The second kappa shape index (κ2) is 11.1. The molecule has 9 heteroatoms. The molecule has 0 aromatic carbocycles. The van der Waals surface area contributed by atoms with Gasteiger partial charge in [-0.3, -0.25) is 9.59 Å². The van der Waals surface area contributed by atoms with Crippen molar-refractivity contribution in [3.63, 3.8) is 0 Å². The predicted octanol–water partition coefficient (Wildman–Crippen LogP) is 0.382. The summed E-state index contributed by atoms with van der Waals surface area (Å²) in [6.45, 7) is 8.87. The summed E-state index contributed by atoms with van der Waals surface area (Å²) in [5, 5.41) is 5.76. The number of rotatable bonds is 8. The molecular formula is C21H36N4O5. The van der Waals surface area contributed by atoms with Crippen LogP contribution in [0.25, 0.3) is 0 Å². The summed E-state index contributed by atoms with van der Waals surface area (Å²) in [5.41, 5.74) is 0. The fraction of sp³-hybridized carbons (Fsp3) is 0.857. The van der Waals surface area contributed by atoms with E-state index in [-0.39, 0.29) is 30.4 Å². The van der Waals surface area contributed by atoms with Crippen LogP contribution in [0.3, 0.4) is 0 Å². The van der Waals surface area contributed by atoms with E-state index in [9.17, 15) is 14.4 Å². The van der Waals surface area contributed by atoms with E-state index in [1.165, 1.54) is 0 Å². The Balaban J connectivity index is 1.60. The van der Waals surface area contributed by atoms with Crippen molar-refractivity contribution in [1.29, 1.82) is 0 Å². The van der Waals surface area contributed by atoms with E-state index in [4.69, 9.17) is 9.47 Å². The number of ether oxygens (including phenoxy) is 2. The van der Waals surface area contributed by atoms with Gasteiger partial charge in [-0.25, -0.2) is 4.79 Å². The summed E-state index contributed by atoms with van der Waals surface area (Å²) in [5.74, 6) is -0.0119. The molecule has 3 aliphatic rings. The maximum atomic E-state index is 13.1. The number of carbonyl (C=O) groups excluding carboxylic acids is 3. The Morgan fingerprint density at radius 3 is 2.47 bits per heavy atom. The molecule has 2 unspecified atom stereocenters. The summed E-state index contributed by atoms with van der Waals surface area (Å²) >= 11 is 0. The minimum absolute atomic E-state index is 0.0280. The van der Waals surface area contributed by atoms with Crippen molar-refractivity contribution in [2.45, 2.75) is 57.7 Å². The molecule has 0 bridgehead atoms. The largest absolute Gasteiger partial charge is 0.378 e. The van der Waals surface area contributed by atoms with E-state index < -0.39 is 12.1 Å². The zero-order chi connectivity index (χ0) is 21.5. The molecule has 170 valence electrons. The number of hydrogen-bond donors (Lipinski definition) is 2. The number of Topliss-reactive ketones (excluding diaryl/α,β-unsaturated/α-hetero) is 1. The average molecular weight is 425 g/mol. The lowest BCUT2D eigenvalue weighted by Crippen LogP contribution is -2.57. The van der Waals surface area contributed by atoms with Crippen LogP contribution in [0.4, 0.5) is 4.79 Å². The molecular weight excluding hydrogens is 388 g/mol. The minimum Gasteiger partial charge on any atom is -0.378 e. The van der Waals surface area contributed by atoms with Crippen LogP contribution in [0, 0.1) is 5.92 Å². The summed E-state index contributed by atoms with van der Waals surface area (Å²) in [7, 11) is 0. The first-order valence-electron chi connectivity index (χ1n) is 11.2. The molecule has 0 aliphatic carbocycles. The Morgan fingerprint density at radius 2 is 1.80 bits per heavy atom. The van der Waals surface area contributed by atoms with Crippen LogP contribution in [0.2, 0.25) is 0 Å². The molecule has 3 heterocycles. The molecule has 3 aliphatic heterocycles. The first kappa shape index (κ1) is 23.0. The highest BCUT2D eigenvalue weighted by atomic mass is 16.5. The van der Waals surface area contributed by atoms with Crippen LogP contribution in [0.5, 0.6) is 0 Å². The fourth-order valence-corrected chi connectivity index (χ4v) is 4.16. The summed E-state index contributed by atoms with van der Waals surface area (Å²) in [6, 6.07) is -1.59. The van der Waals surface area contributed by atoms with E-state index in [0.717, 1.165) is 32.4 Å². The third-order valence-electron chi connectivity index (χ3n) is 6.04. The smallest absolute Gasteiger partial charge is 0.318 e. The topological polar surface area (TPSA) is 100 Å². The maximum absolute atomic E-state index is 13.1. The van der Waals surface area contributed by atoms with Crippen LogP contribution in [-0.2, 0) is 19.1 Å². The van der Waals surface area contributed by atoms with E-state index in [0.29, 0.717) is 45.2 Å². The number of hydrogen-bond acceptors (Lipinski definition) is 6. The standard InChI is InChI=1S/C21H36N4O5/c1-15(2)5-6-16(22-21(28)25-9-11-29-12-10-25)20(27)23-19-17(26)14-30-18(19)13-24-7-3-4-8-24/h15-16,18-19H,3-14H2,1-2H3,(H,22,28)(H,23,27)/t16-,18?,19?/m0/s1. The van der Waals surface area contributed by atoms with Crippen molar-refractivity contribution in [3.8, 4) is 0 Å². The van der Waals surface area contributed by atoms with Crippen molar-refractivity contribution < 1.29 is 23.9 Å². The first-order valence-corrected chi connectivity index (χ1v) is 11.2. The molecule has 0 aromatic rings. The van der Waals surface area contributed by atoms with Gasteiger partial charge in [-0.1, -0.05) is 13.8 Å². The van der Waals surface area contributed by atoms with Gasteiger partial charge in [0, 0.05) is 19.6 Å². The number of ketones is 1. The first-order chi connectivity index (χ1) is 14.4. The monoisotopic (exact) mass is 424 g/mol. The van der Waals surface area contributed by atoms with Gasteiger partial charge in [0.15, 0.2) is 5.78 Å². The molecule has 3 atom stereocenters. The number of nitrogens with zero attached hydrogens (tertiary/aromatic N) is 2. The van der Waals surface area contributed by atoms with E-state index in [1.54, 1.807) is 4.90 Å². The molecule has 0 saturated carbocycles. The number of urea groups is 1. The third kappa shape index (κ3) is 6.39. The van der Waals surface area contributed by atoms with Gasteiger partial charge < -0.3 is 29.9 Å². The van der Waals surface area contributed by atoms with Gasteiger partial charge in [0.05, 0.1) is 19.3 Å². The van der Waals surface area contributed by atoms with Gasteiger partial charge in [-0.05, 0) is 44.7 Å². The summed E-state index contributed by atoms with van der Waals surface area (Å²) in [6.07, 6.45) is 3.30. The highest BCUT2D eigenvalue weighted by Crippen LogP contribution is 2.17. The van der Waals surface area contributed by atoms with E-state index in [2.05, 4.69) is 29.4 Å². The molecule has 0 radical (unpaired) electrons. The number of carbonyl (C=O) groups is 3. The van der Waals surface area contributed by atoms with Gasteiger partial charge in [0.2, 0.25) is 5.91 Å². The fourth-order valence-electron chi connectivity index (χ4n) is 4.16. The summed E-state index contributed by atoms with van der Waals surface area (Å²) < 4.78 is 11.0. The van der Waals surface area contributed by atoms with Gasteiger partial charge in [-0.2, -0.15) is 0 Å². The van der Waals surface area contributed by atoms with Gasteiger partial charge >= 0.3 is 6.03 Å². The molecule has 3 rings (SSSR count). The molecule has 0 spiro atoms. The molecule has 9 nitrogen and oxygen atoms in total. The SMILES string of the molecule is CC(C)CC[C@H](NC(=O)N1CCOCC1)C(=O)NC1C(=O)COC1CN1CCCC1. The minimum atomic E-state index is -0.677. The second-order valence-corrected chi connectivity index (χ2v) is 8.88. The van der Waals surface area contributed by atoms with Crippen LogP contribution in [0.1, 0.15) is 39.5 Å². The quantitative estimate of drug-likeness (QED) is 0.584. The normalized spacial score (nSPS) is 26.2. The maximum Gasteiger partial charge on any atom is 0.318 e. The summed E-state index contributed by atoms with van der Waals surface area (Å²) in [4.78, 5) is 42.0. The molecule has 0 aromatic heterocycles. The van der Waals surface area contributed by atoms with E-state index in [1.807, 2.05) is 0 Å². The van der Waals surface area contributed by atoms with Crippen LogP contribution in [-0.4, -0.2) is 98.3 Å². The molecule has 3 saturated heterocycles. The average Bonchev–Trinajstić information content (AvgIpc) is 3.37. The van der Waals surface area contributed by atoms with Crippen molar-refractivity contribution in [1.82, 2.24) is 20.4 Å². The highest BCUT2D eigenvalue weighted by Gasteiger charge is 2.39. The number of likely N-dealkylation sites (tertiary alicyclic amines) is 1. The Morgan fingerprint density at radius 1 is 1.10 bits per heavy atom. The highest BCUT2D eigenvalue weighted by molar-refractivity contribution is 5.94. The van der Waals surface area contributed by atoms with Crippen LogP contribution < -0.4 is 10.6 Å². The van der Waals surface area contributed by atoms with Crippen molar-refractivity contribution >= 4 is 17.7 Å². The van der Waals surface area contributed by atoms with Crippen molar-refractivity contribution in [3.05, 3.63) is 0 Å². The molecule has 2 N–H and O–H groups in total. The molecule has 3 fully saturated rings. The Hall–Kier alpha value is -1.71. The molecule has 3 amide bonds. The zero-order valence-corrected chi connectivity index (χ0v) is 18.2. The van der Waals surface area contributed by atoms with Gasteiger partial charge in [0.1, 0.15) is 18.7 Å². The lowest BCUT2D eigenvalue weighted by Gasteiger charge is -2.30.